The molecule has 3 N–H and O–H groups in total. The predicted molar refractivity (Wildman–Crippen MR) is 117 cm³/mol. The van der Waals surface area contributed by atoms with E-state index in [0.29, 0.717) is 19.0 Å². The van der Waals surface area contributed by atoms with E-state index in [9.17, 15) is 4.79 Å². The maximum absolute atomic E-state index is 12.3. The lowest BCUT2D eigenvalue weighted by atomic mass is 9.93. The number of hydrogen-bond acceptors (Lipinski definition) is 6. The lowest BCUT2D eigenvalue weighted by Crippen LogP contribution is -2.57. The molecule has 8 nitrogen and oxygen atoms in total. The van der Waals surface area contributed by atoms with Crippen molar-refractivity contribution in [3.05, 3.63) is 11.1 Å². The Hall–Kier alpha value is -2.03. The van der Waals surface area contributed by atoms with E-state index in [4.69, 9.17) is 4.74 Å². The Kier molecular flexibility index (Phi) is 9.00. The molecule has 0 radical (unpaired) electrons. The van der Waals surface area contributed by atoms with Gasteiger partial charge in [-0.2, -0.15) is 0 Å². The van der Waals surface area contributed by atoms with E-state index in [1.165, 1.54) is 0 Å². The van der Waals surface area contributed by atoms with Crippen molar-refractivity contribution in [3.8, 4) is 0 Å². The van der Waals surface area contributed by atoms with E-state index in [2.05, 4.69) is 39.8 Å². The van der Waals surface area contributed by atoms with Crippen LogP contribution in [0.3, 0.4) is 0 Å². The standard InChI is InChI=1S/C19H36N6O2S/c1-9-19(10-2,24-17(26)27-18(3,4)5)13-22-15(20-6)21-11-14-12-28-16(23-14)25(7)8/h12H,9-11,13H2,1-8H3,(H,24,26)(H2,20,21,22). The number of carbonyl (C=O) groups excluding carboxylic acids is 1. The molecular weight excluding hydrogens is 376 g/mol. The molecule has 0 unspecified atom stereocenters. The average molecular weight is 413 g/mol. The van der Waals surface area contributed by atoms with E-state index in [-0.39, 0.29) is 0 Å². The Balaban J connectivity index is 2.64. The molecule has 0 aliphatic carbocycles. The maximum Gasteiger partial charge on any atom is 0.408 e. The first-order valence-electron chi connectivity index (χ1n) is 9.61. The molecule has 0 aromatic carbocycles. The first-order valence-corrected chi connectivity index (χ1v) is 10.5. The Morgan fingerprint density at radius 3 is 2.36 bits per heavy atom. The van der Waals surface area contributed by atoms with Gasteiger partial charge in [-0.05, 0) is 33.6 Å². The second kappa shape index (κ2) is 10.5. The smallest absolute Gasteiger partial charge is 0.408 e. The van der Waals surface area contributed by atoms with Gasteiger partial charge in [0.1, 0.15) is 5.60 Å². The molecule has 0 bridgehead atoms. The molecule has 0 aliphatic heterocycles. The number of guanidine groups is 1. The summed E-state index contributed by atoms with van der Waals surface area (Å²) in [5, 5.41) is 12.6. The lowest BCUT2D eigenvalue weighted by molar-refractivity contribution is 0.0448. The maximum atomic E-state index is 12.3. The summed E-state index contributed by atoms with van der Waals surface area (Å²) in [6.45, 7) is 10.8. The molecule has 160 valence electrons. The molecule has 1 aromatic rings. The van der Waals surface area contributed by atoms with Crippen LogP contribution in [0.4, 0.5) is 9.93 Å². The van der Waals surface area contributed by atoms with Crippen molar-refractivity contribution in [1.82, 2.24) is 20.9 Å². The molecular formula is C19H36N6O2S. The van der Waals surface area contributed by atoms with Gasteiger partial charge in [0.2, 0.25) is 0 Å². The molecule has 0 saturated heterocycles. The van der Waals surface area contributed by atoms with Crippen LogP contribution >= 0.6 is 11.3 Å². The summed E-state index contributed by atoms with van der Waals surface area (Å²) < 4.78 is 5.42. The van der Waals surface area contributed by atoms with Gasteiger partial charge >= 0.3 is 6.09 Å². The number of rotatable bonds is 8. The summed E-state index contributed by atoms with van der Waals surface area (Å²) >= 11 is 1.61. The van der Waals surface area contributed by atoms with Gasteiger partial charge in [0, 0.05) is 33.1 Å². The molecule has 0 aliphatic rings. The number of amides is 1. The van der Waals surface area contributed by atoms with Gasteiger partial charge in [-0.25, -0.2) is 9.78 Å². The quantitative estimate of drug-likeness (QED) is 0.449. The number of nitrogens with one attached hydrogen (secondary N) is 3. The van der Waals surface area contributed by atoms with Crippen LogP contribution in [0.25, 0.3) is 0 Å². The fraction of sp³-hybridized carbons (Fsp3) is 0.737. The number of hydrogen-bond donors (Lipinski definition) is 3. The highest BCUT2D eigenvalue weighted by Crippen LogP contribution is 2.18. The summed E-state index contributed by atoms with van der Waals surface area (Å²) in [7, 11) is 5.68. The summed E-state index contributed by atoms with van der Waals surface area (Å²) in [6, 6.07) is 0. The fourth-order valence-corrected chi connectivity index (χ4v) is 3.23. The number of ether oxygens (including phenoxy) is 1. The molecule has 0 atom stereocenters. The van der Waals surface area contributed by atoms with Gasteiger partial charge in [0.15, 0.2) is 11.1 Å². The highest BCUT2D eigenvalue weighted by Gasteiger charge is 2.30. The van der Waals surface area contributed by atoms with Crippen LogP contribution in [0.1, 0.15) is 53.2 Å². The van der Waals surface area contributed by atoms with Crippen molar-refractivity contribution in [2.24, 2.45) is 4.99 Å². The van der Waals surface area contributed by atoms with Gasteiger partial charge in [-0.1, -0.05) is 13.8 Å². The third-order valence-corrected chi connectivity index (χ3v) is 5.35. The summed E-state index contributed by atoms with van der Waals surface area (Å²) in [5.74, 6) is 0.664. The largest absolute Gasteiger partial charge is 0.444 e. The second-order valence-corrected chi connectivity index (χ2v) is 8.75. The van der Waals surface area contributed by atoms with Gasteiger partial charge < -0.3 is 25.6 Å². The van der Waals surface area contributed by atoms with E-state index in [1.54, 1.807) is 18.4 Å². The number of nitrogens with zero attached hydrogens (tertiary/aromatic N) is 3. The summed E-state index contributed by atoms with van der Waals surface area (Å²) in [4.78, 5) is 23.1. The molecule has 0 saturated carbocycles. The van der Waals surface area contributed by atoms with Crippen LogP contribution in [0, 0.1) is 0 Å². The van der Waals surface area contributed by atoms with Crippen molar-refractivity contribution >= 4 is 28.5 Å². The molecule has 9 heteroatoms. The number of thiazole rings is 1. The summed E-state index contributed by atoms with van der Waals surface area (Å²) in [6.07, 6.45) is 1.13. The Bertz CT molecular complexity index is 647. The lowest BCUT2D eigenvalue weighted by Gasteiger charge is -2.34. The molecule has 0 spiro atoms. The van der Waals surface area contributed by atoms with Crippen LogP contribution in [-0.2, 0) is 11.3 Å². The SMILES string of the molecule is CCC(CC)(CNC(=NC)NCc1csc(N(C)C)n1)NC(=O)OC(C)(C)C. The van der Waals surface area contributed by atoms with Crippen molar-refractivity contribution in [2.75, 3.05) is 32.6 Å². The molecule has 0 fully saturated rings. The van der Waals surface area contributed by atoms with Gasteiger partial charge in [-0.15, -0.1) is 11.3 Å². The third kappa shape index (κ3) is 7.92. The van der Waals surface area contributed by atoms with Crippen LogP contribution in [0.15, 0.2) is 10.4 Å². The Morgan fingerprint density at radius 1 is 1.25 bits per heavy atom. The number of aromatic nitrogens is 1. The monoisotopic (exact) mass is 412 g/mol. The zero-order valence-electron chi connectivity index (χ0n) is 18.5. The second-order valence-electron chi connectivity index (χ2n) is 7.91. The van der Waals surface area contributed by atoms with Gasteiger partial charge in [0.25, 0.3) is 0 Å². The van der Waals surface area contributed by atoms with Crippen molar-refractivity contribution in [3.63, 3.8) is 0 Å². The van der Waals surface area contributed by atoms with Crippen LogP contribution < -0.4 is 20.9 Å². The van der Waals surface area contributed by atoms with Crippen molar-refractivity contribution < 1.29 is 9.53 Å². The fourth-order valence-electron chi connectivity index (χ4n) is 2.47. The topological polar surface area (TPSA) is 90.9 Å². The molecule has 1 rings (SSSR count). The Morgan fingerprint density at radius 2 is 1.89 bits per heavy atom. The van der Waals surface area contributed by atoms with Crippen LogP contribution in [0.5, 0.6) is 0 Å². The molecule has 1 aromatic heterocycles. The molecule has 28 heavy (non-hydrogen) atoms. The minimum absolute atomic E-state index is 0.403. The number of anilines is 1. The summed E-state index contributed by atoms with van der Waals surface area (Å²) in [5.41, 5.74) is 0.0146. The zero-order chi connectivity index (χ0) is 21.4. The predicted octanol–water partition coefficient (Wildman–Crippen LogP) is 2.96. The first-order chi connectivity index (χ1) is 13.0. The van der Waals surface area contributed by atoms with E-state index in [0.717, 1.165) is 23.7 Å². The van der Waals surface area contributed by atoms with Crippen LogP contribution in [0.2, 0.25) is 0 Å². The third-order valence-electron chi connectivity index (χ3n) is 4.30. The van der Waals surface area contributed by atoms with E-state index in [1.807, 2.05) is 45.1 Å². The van der Waals surface area contributed by atoms with Crippen LogP contribution in [-0.4, -0.2) is 55.9 Å². The van der Waals surface area contributed by atoms with Crippen molar-refractivity contribution in [2.45, 2.75) is 65.1 Å². The Labute approximate surface area is 173 Å². The normalized spacial score (nSPS) is 12.5. The first kappa shape index (κ1) is 24.0. The molecule has 1 heterocycles. The van der Waals surface area contributed by atoms with Gasteiger partial charge in [-0.3, -0.25) is 4.99 Å². The molecule has 1 amide bonds. The van der Waals surface area contributed by atoms with E-state index < -0.39 is 17.2 Å². The highest BCUT2D eigenvalue weighted by molar-refractivity contribution is 7.13. The number of alkyl carbamates (subject to hydrolysis) is 1. The number of carbonyl (C=O) groups is 1. The van der Waals surface area contributed by atoms with Gasteiger partial charge in [0.05, 0.1) is 17.8 Å². The number of aliphatic imine (C=N–C) groups is 1. The van der Waals surface area contributed by atoms with Crippen molar-refractivity contribution in [1.29, 1.82) is 0 Å². The minimum Gasteiger partial charge on any atom is -0.444 e. The zero-order valence-corrected chi connectivity index (χ0v) is 19.3. The average Bonchev–Trinajstić information content (AvgIpc) is 3.08. The highest BCUT2D eigenvalue weighted by atomic mass is 32.1. The van der Waals surface area contributed by atoms with E-state index >= 15 is 0 Å². The minimum atomic E-state index is -0.527.